The minimum Gasteiger partial charge on any atom is -0.481 e. The van der Waals surface area contributed by atoms with Gasteiger partial charge in [0.05, 0.1) is 16.6 Å². The molecule has 0 saturated carbocycles. The van der Waals surface area contributed by atoms with E-state index in [1.807, 2.05) is 31.2 Å². The van der Waals surface area contributed by atoms with E-state index in [0.29, 0.717) is 5.56 Å². The van der Waals surface area contributed by atoms with E-state index in [1.54, 1.807) is 0 Å². The third-order valence-electron chi connectivity index (χ3n) is 4.01. The first-order chi connectivity index (χ1) is 12.7. The number of aryl methyl sites for hydroxylation is 1. The minimum atomic E-state index is -3.78. The molecule has 1 atom stereocenters. The molecule has 144 valence electrons. The first-order valence-electron chi connectivity index (χ1n) is 8.15. The summed E-state index contributed by atoms with van der Waals surface area (Å²) in [6.45, 7) is 1.68. The number of sulfonamides is 1. The smallest absolute Gasteiger partial charge is 0.308 e. The number of carboxylic acids is 1. The zero-order valence-corrected chi connectivity index (χ0v) is 15.5. The van der Waals surface area contributed by atoms with Crippen molar-refractivity contribution in [3.05, 3.63) is 75.3 Å². The van der Waals surface area contributed by atoms with Gasteiger partial charge in [-0.1, -0.05) is 42.0 Å². The van der Waals surface area contributed by atoms with Crippen molar-refractivity contribution in [2.75, 3.05) is 6.54 Å². The van der Waals surface area contributed by atoms with Gasteiger partial charge in [0, 0.05) is 18.7 Å². The molecular weight excluding hydrogens is 372 g/mol. The Morgan fingerprint density at radius 2 is 1.67 bits per heavy atom. The first-order valence-corrected chi connectivity index (χ1v) is 9.80. The topological polar surface area (TPSA) is 127 Å². The fourth-order valence-electron chi connectivity index (χ4n) is 2.47. The van der Waals surface area contributed by atoms with E-state index in [-0.39, 0.29) is 24.4 Å². The van der Waals surface area contributed by atoms with Crippen LogP contribution < -0.4 is 4.72 Å². The maximum atomic E-state index is 12.2. The van der Waals surface area contributed by atoms with Crippen LogP contribution in [0, 0.1) is 23.0 Å². The molecule has 8 nitrogen and oxygen atoms in total. The molecule has 1 unspecified atom stereocenters. The Kier molecular flexibility index (Phi) is 6.65. The summed E-state index contributed by atoms with van der Waals surface area (Å²) >= 11 is 0. The molecule has 2 aromatic carbocycles. The summed E-state index contributed by atoms with van der Waals surface area (Å²) in [5, 5.41) is 20.0. The molecule has 2 rings (SSSR count). The van der Waals surface area contributed by atoms with Crippen molar-refractivity contribution in [3.8, 4) is 0 Å². The van der Waals surface area contributed by atoms with Crippen molar-refractivity contribution < 1.29 is 23.2 Å². The number of hydrogen-bond donors (Lipinski definition) is 2. The fourth-order valence-corrected chi connectivity index (χ4v) is 3.66. The second kappa shape index (κ2) is 8.74. The van der Waals surface area contributed by atoms with Crippen LogP contribution in [0.25, 0.3) is 0 Å². The molecular formula is C18H20N2O6S. The fraction of sp³-hybridized carbons (Fsp3) is 0.278. The molecule has 2 aromatic rings. The predicted octanol–water partition coefficient (Wildman–Crippen LogP) is 2.27. The highest BCUT2D eigenvalue weighted by atomic mass is 32.2. The number of nitrogens with one attached hydrogen (secondary N) is 1. The lowest BCUT2D eigenvalue weighted by molar-refractivity contribution is -0.384. The van der Waals surface area contributed by atoms with Crippen LogP contribution >= 0.6 is 0 Å². The molecule has 0 aromatic heterocycles. The molecule has 2 N–H and O–H groups in total. The van der Waals surface area contributed by atoms with E-state index < -0.39 is 26.8 Å². The number of aliphatic carboxylic acids is 1. The monoisotopic (exact) mass is 392 g/mol. The van der Waals surface area contributed by atoms with Gasteiger partial charge < -0.3 is 5.11 Å². The Morgan fingerprint density at radius 3 is 2.19 bits per heavy atom. The van der Waals surface area contributed by atoms with E-state index >= 15 is 0 Å². The molecule has 0 aliphatic rings. The van der Waals surface area contributed by atoms with Crippen LogP contribution in [-0.4, -0.2) is 31.0 Å². The number of nitro benzene ring substituents is 1. The van der Waals surface area contributed by atoms with E-state index in [9.17, 15) is 28.4 Å². The largest absolute Gasteiger partial charge is 0.481 e. The first kappa shape index (κ1) is 20.5. The average Bonchev–Trinajstić information content (AvgIpc) is 2.60. The maximum Gasteiger partial charge on any atom is 0.308 e. The van der Waals surface area contributed by atoms with Crippen LogP contribution in [0.15, 0.2) is 48.5 Å². The Hall–Kier alpha value is -2.78. The number of hydrogen-bond acceptors (Lipinski definition) is 5. The van der Waals surface area contributed by atoms with Gasteiger partial charge in [-0.15, -0.1) is 0 Å². The Balaban J connectivity index is 1.99. The number of carbonyl (C=O) groups is 1. The number of rotatable bonds is 9. The predicted molar refractivity (Wildman–Crippen MR) is 99.7 cm³/mol. The van der Waals surface area contributed by atoms with Crippen LogP contribution in [0.3, 0.4) is 0 Å². The lowest BCUT2D eigenvalue weighted by Gasteiger charge is -2.14. The van der Waals surface area contributed by atoms with Gasteiger partial charge >= 0.3 is 5.97 Å². The van der Waals surface area contributed by atoms with E-state index in [1.165, 1.54) is 24.3 Å². The summed E-state index contributed by atoms with van der Waals surface area (Å²) in [5.41, 5.74) is 2.10. The molecule has 0 bridgehead atoms. The summed E-state index contributed by atoms with van der Waals surface area (Å²) in [4.78, 5) is 21.5. The maximum absolute atomic E-state index is 12.2. The SMILES string of the molecule is Cc1ccc(CC(CNS(=O)(=O)Cc2ccc([N+](=O)[O-])cc2)C(=O)O)cc1. The van der Waals surface area contributed by atoms with E-state index in [2.05, 4.69) is 4.72 Å². The second-order valence-corrected chi connectivity index (χ2v) is 8.06. The van der Waals surface area contributed by atoms with Crippen LogP contribution in [-0.2, 0) is 27.0 Å². The van der Waals surface area contributed by atoms with Gasteiger partial charge in [-0.3, -0.25) is 14.9 Å². The number of nitrogens with zero attached hydrogens (tertiary/aromatic N) is 1. The highest BCUT2D eigenvalue weighted by Gasteiger charge is 2.21. The van der Waals surface area contributed by atoms with Crippen LogP contribution in [0.2, 0.25) is 0 Å². The Labute approximate surface area is 157 Å². The minimum absolute atomic E-state index is 0.131. The highest BCUT2D eigenvalue weighted by molar-refractivity contribution is 7.88. The zero-order chi connectivity index (χ0) is 20.0. The number of benzene rings is 2. The van der Waals surface area contributed by atoms with Crippen molar-refractivity contribution in [1.29, 1.82) is 0 Å². The van der Waals surface area contributed by atoms with Crippen LogP contribution in [0.1, 0.15) is 16.7 Å². The molecule has 0 heterocycles. The number of nitro groups is 1. The standard InChI is InChI=1S/C18H20N2O6S/c1-13-2-4-14(5-3-13)10-16(18(21)22)11-19-27(25,26)12-15-6-8-17(9-7-15)20(23)24/h2-9,16,19H,10-12H2,1H3,(H,21,22). The zero-order valence-electron chi connectivity index (χ0n) is 14.7. The molecule has 27 heavy (non-hydrogen) atoms. The van der Waals surface area contributed by atoms with Crippen LogP contribution in [0.5, 0.6) is 0 Å². The van der Waals surface area contributed by atoms with Gasteiger partial charge in [0.15, 0.2) is 0 Å². The van der Waals surface area contributed by atoms with Gasteiger partial charge in [0.1, 0.15) is 0 Å². The second-order valence-electron chi connectivity index (χ2n) is 6.26. The normalized spacial score (nSPS) is 12.5. The summed E-state index contributed by atoms with van der Waals surface area (Å²) in [5.74, 6) is -2.38. The lowest BCUT2D eigenvalue weighted by atomic mass is 9.99. The van der Waals surface area contributed by atoms with Gasteiger partial charge in [-0.05, 0) is 24.5 Å². The highest BCUT2D eigenvalue weighted by Crippen LogP contribution is 2.14. The molecule has 0 aliphatic carbocycles. The molecule has 9 heteroatoms. The Bertz CT molecular complexity index is 908. The molecule has 0 spiro atoms. The third kappa shape index (κ3) is 6.46. The summed E-state index contributed by atoms with van der Waals surface area (Å²) in [6.07, 6.45) is 0.204. The number of carboxylic acid groups (broad SMARTS) is 1. The van der Waals surface area contributed by atoms with Crippen molar-refractivity contribution in [2.24, 2.45) is 5.92 Å². The quantitative estimate of drug-likeness (QED) is 0.498. The molecule has 0 fully saturated rings. The summed E-state index contributed by atoms with van der Waals surface area (Å²) < 4.78 is 26.7. The summed E-state index contributed by atoms with van der Waals surface area (Å²) in [6, 6.07) is 12.5. The summed E-state index contributed by atoms with van der Waals surface area (Å²) in [7, 11) is -3.78. The van der Waals surface area contributed by atoms with E-state index in [0.717, 1.165) is 11.1 Å². The lowest BCUT2D eigenvalue weighted by Crippen LogP contribution is -2.34. The van der Waals surface area contributed by atoms with Gasteiger partial charge in [-0.2, -0.15) is 0 Å². The average molecular weight is 392 g/mol. The third-order valence-corrected chi connectivity index (χ3v) is 5.33. The molecule has 0 saturated heterocycles. The van der Waals surface area contributed by atoms with Crippen LogP contribution in [0.4, 0.5) is 5.69 Å². The van der Waals surface area contributed by atoms with Crippen molar-refractivity contribution in [1.82, 2.24) is 4.72 Å². The Morgan fingerprint density at radius 1 is 1.11 bits per heavy atom. The van der Waals surface area contributed by atoms with Gasteiger partial charge in [0.2, 0.25) is 10.0 Å². The van der Waals surface area contributed by atoms with Crippen molar-refractivity contribution >= 4 is 21.7 Å². The molecule has 0 aliphatic heterocycles. The number of non-ortho nitro benzene ring substituents is 1. The van der Waals surface area contributed by atoms with Crippen molar-refractivity contribution in [3.63, 3.8) is 0 Å². The molecule has 0 radical (unpaired) electrons. The van der Waals surface area contributed by atoms with Crippen molar-refractivity contribution in [2.45, 2.75) is 19.1 Å². The van der Waals surface area contributed by atoms with E-state index in [4.69, 9.17) is 0 Å². The van der Waals surface area contributed by atoms with Gasteiger partial charge in [0.25, 0.3) is 5.69 Å². The molecule has 0 amide bonds. The van der Waals surface area contributed by atoms with Gasteiger partial charge in [-0.25, -0.2) is 13.1 Å².